The summed E-state index contributed by atoms with van der Waals surface area (Å²) in [4.78, 5) is 67.5. The van der Waals surface area contributed by atoms with Gasteiger partial charge in [0, 0.05) is 19.3 Å². The lowest BCUT2D eigenvalue weighted by atomic mass is 9.93. The van der Waals surface area contributed by atoms with Gasteiger partial charge in [-0.2, -0.15) is 0 Å². The van der Waals surface area contributed by atoms with Crippen LogP contribution in [0.15, 0.2) is 36.5 Å². The van der Waals surface area contributed by atoms with E-state index in [1.807, 2.05) is 0 Å². The number of rotatable bonds is 48. The molecule has 8 nitrogen and oxygen atoms in total. The molecule has 0 saturated carbocycles. The number of hydrogen-bond acceptors (Lipinski definition) is 8. The van der Waals surface area contributed by atoms with Gasteiger partial charge in [-0.25, -0.2) is 0 Å². The minimum atomic E-state index is -1.04. The van der Waals surface area contributed by atoms with Gasteiger partial charge in [0.2, 0.25) is 0 Å². The first-order valence-electron chi connectivity index (χ1n) is 27.3. The van der Waals surface area contributed by atoms with Gasteiger partial charge in [-0.3, -0.25) is 24.0 Å². The van der Waals surface area contributed by atoms with Crippen molar-refractivity contribution in [2.24, 2.45) is 11.8 Å². The van der Waals surface area contributed by atoms with E-state index in [-0.39, 0.29) is 31.2 Å². The molecule has 0 amide bonds. The van der Waals surface area contributed by atoms with Crippen molar-refractivity contribution in [2.45, 2.75) is 272 Å². The molecule has 0 bridgehead atoms. The first-order valence-corrected chi connectivity index (χ1v) is 27.3. The van der Waals surface area contributed by atoms with Crippen LogP contribution in [-0.4, -0.2) is 48.8 Å². The van der Waals surface area contributed by atoms with E-state index in [0.717, 1.165) is 180 Å². The first kappa shape index (κ1) is 62.0. The van der Waals surface area contributed by atoms with Crippen LogP contribution in [0.5, 0.6) is 0 Å². The Morgan fingerprint density at radius 3 is 1.17 bits per heavy atom. The van der Waals surface area contributed by atoms with Gasteiger partial charge in [0.05, 0.1) is 0 Å². The fourth-order valence-electron chi connectivity index (χ4n) is 8.03. The van der Waals surface area contributed by atoms with E-state index in [0.29, 0.717) is 32.1 Å². The highest BCUT2D eigenvalue weighted by Crippen LogP contribution is 2.21. The number of allylic oxidation sites excluding steroid dienone is 6. The predicted octanol–water partition coefficient (Wildman–Crippen LogP) is 16.2. The van der Waals surface area contributed by atoms with Gasteiger partial charge in [-0.05, 0) is 64.2 Å². The Hall–Kier alpha value is -3.03. The van der Waals surface area contributed by atoms with Crippen LogP contribution in [0, 0.1) is 11.8 Å². The van der Waals surface area contributed by atoms with Crippen LogP contribution in [0.1, 0.15) is 266 Å². The SMILES string of the molecule is CC/C=C\C/C=C\C/C=C\CCCCCCCC(=O)OC(COC(=O)C(CCCCCCCC)C(=O)CCCCCCC)COC(=O)C(CCCCCCCC)C(=O)CCCCCCC. The Labute approximate surface area is 399 Å². The van der Waals surface area contributed by atoms with Crippen molar-refractivity contribution in [3.63, 3.8) is 0 Å². The van der Waals surface area contributed by atoms with Gasteiger partial charge in [0.15, 0.2) is 6.10 Å². The molecule has 0 aliphatic heterocycles. The molecule has 376 valence electrons. The van der Waals surface area contributed by atoms with E-state index >= 15 is 0 Å². The average molecular weight is 913 g/mol. The van der Waals surface area contributed by atoms with E-state index in [4.69, 9.17) is 14.2 Å². The summed E-state index contributed by atoms with van der Waals surface area (Å²) in [5.74, 6) is -3.57. The zero-order chi connectivity index (χ0) is 47.9. The number of carbonyl (C=O) groups excluding carboxylic acids is 5. The molecular weight excluding hydrogens is 813 g/mol. The standard InChI is InChI=1S/C57H100O8/c1-6-11-16-21-24-25-26-27-28-29-30-31-32-37-42-47-55(60)65-50(48-63-56(61)51(43-38-35-22-17-12-7-2)53(58)45-40-33-19-14-9-4)49-64-57(62)52(44-39-36-23-18-13-8-3)54(59)46-41-34-20-15-10-5/h11,16,24-25,27-28,50-52H,6-10,12-15,17-23,26,29-49H2,1-5H3/b16-11-,25-24-,28-27-. The number of hydrogen-bond donors (Lipinski definition) is 0. The molecule has 0 aromatic carbocycles. The number of Topliss-reactive ketones (excluding diaryl/α,β-unsaturated/α-hetero) is 2. The summed E-state index contributed by atoms with van der Waals surface area (Å²) in [6, 6.07) is 0. The number of ether oxygens (including phenoxy) is 3. The second-order valence-corrected chi connectivity index (χ2v) is 18.5. The second-order valence-electron chi connectivity index (χ2n) is 18.5. The lowest BCUT2D eigenvalue weighted by Crippen LogP contribution is -2.35. The lowest BCUT2D eigenvalue weighted by molar-refractivity contribution is -0.170. The van der Waals surface area contributed by atoms with Crippen LogP contribution in [0.4, 0.5) is 0 Å². The van der Waals surface area contributed by atoms with Gasteiger partial charge >= 0.3 is 17.9 Å². The number of esters is 3. The quantitative estimate of drug-likeness (QED) is 0.0195. The van der Waals surface area contributed by atoms with Gasteiger partial charge in [-0.1, -0.05) is 219 Å². The maximum absolute atomic E-state index is 13.7. The zero-order valence-electron chi connectivity index (χ0n) is 42.8. The average Bonchev–Trinajstić information content (AvgIpc) is 3.30. The molecule has 0 spiro atoms. The fourth-order valence-corrected chi connectivity index (χ4v) is 8.03. The Bertz CT molecular complexity index is 1190. The highest BCUT2D eigenvalue weighted by Gasteiger charge is 2.31. The normalized spacial score (nSPS) is 13.1. The summed E-state index contributed by atoms with van der Waals surface area (Å²) in [6.45, 7) is 10.2. The lowest BCUT2D eigenvalue weighted by Gasteiger charge is -2.22. The maximum atomic E-state index is 13.7. The molecule has 0 aliphatic rings. The monoisotopic (exact) mass is 913 g/mol. The number of unbranched alkanes of at least 4 members (excludes halogenated alkanes) is 23. The van der Waals surface area contributed by atoms with Crippen LogP contribution in [0.2, 0.25) is 0 Å². The second kappa shape index (κ2) is 47.5. The summed E-state index contributed by atoms with van der Waals surface area (Å²) in [5.41, 5.74) is 0. The minimum absolute atomic E-state index is 0.0926. The molecular formula is C57H100O8. The molecule has 0 aliphatic carbocycles. The topological polar surface area (TPSA) is 113 Å². The fraction of sp³-hybridized carbons (Fsp3) is 0.807. The number of carbonyl (C=O) groups is 5. The third-order valence-electron chi connectivity index (χ3n) is 12.2. The molecule has 2 unspecified atom stereocenters. The summed E-state index contributed by atoms with van der Waals surface area (Å²) >= 11 is 0. The van der Waals surface area contributed by atoms with Gasteiger partial charge in [0.1, 0.15) is 36.6 Å². The van der Waals surface area contributed by atoms with Gasteiger partial charge < -0.3 is 14.2 Å². The summed E-state index contributed by atoms with van der Waals surface area (Å²) < 4.78 is 17.4. The van der Waals surface area contributed by atoms with Crippen LogP contribution in [0.25, 0.3) is 0 Å². The molecule has 0 radical (unpaired) electrons. The van der Waals surface area contributed by atoms with Crippen molar-refractivity contribution >= 4 is 29.5 Å². The molecule has 0 fully saturated rings. The van der Waals surface area contributed by atoms with Crippen molar-refractivity contribution in [1.29, 1.82) is 0 Å². The van der Waals surface area contributed by atoms with Crippen molar-refractivity contribution in [1.82, 2.24) is 0 Å². The molecule has 0 N–H and O–H groups in total. The summed E-state index contributed by atoms with van der Waals surface area (Å²) in [5, 5.41) is 0. The van der Waals surface area contributed by atoms with Crippen molar-refractivity contribution in [3.8, 4) is 0 Å². The molecule has 0 saturated heterocycles. The molecule has 65 heavy (non-hydrogen) atoms. The van der Waals surface area contributed by atoms with Crippen LogP contribution < -0.4 is 0 Å². The van der Waals surface area contributed by atoms with Gasteiger partial charge in [-0.15, -0.1) is 0 Å². The molecule has 0 aromatic heterocycles. The van der Waals surface area contributed by atoms with E-state index in [2.05, 4.69) is 71.1 Å². The van der Waals surface area contributed by atoms with Crippen molar-refractivity contribution in [3.05, 3.63) is 36.5 Å². The molecule has 0 rings (SSSR count). The number of ketones is 2. The molecule has 2 atom stereocenters. The zero-order valence-corrected chi connectivity index (χ0v) is 42.8. The Balaban J connectivity index is 5.67. The van der Waals surface area contributed by atoms with Crippen LogP contribution >= 0.6 is 0 Å². The Morgan fingerprint density at radius 1 is 0.385 bits per heavy atom. The smallest absolute Gasteiger partial charge is 0.316 e. The maximum Gasteiger partial charge on any atom is 0.316 e. The van der Waals surface area contributed by atoms with E-state index < -0.39 is 35.8 Å². The van der Waals surface area contributed by atoms with Crippen molar-refractivity contribution < 1.29 is 38.2 Å². The predicted molar refractivity (Wildman–Crippen MR) is 271 cm³/mol. The highest BCUT2D eigenvalue weighted by molar-refractivity contribution is 5.99. The summed E-state index contributed by atoms with van der Waals surface area (Å²) in [7, 11) is 0. The molecule has 8 heteroatoms. The molecule has 0 heterocycles. The van der Waals surface area contributed by atoms with E-state index in [1.54, 1.807) is 0 Å². The van der Waals surface area contributed by atoms with E-state index in [9.17, 15) is 24.0 Å². The van der Waals surface area contributed by atoms with Crippen LogP contribution in [0.3, 0.4) is 0 Å². The third-order valence-corrected chi connectivity index (χ3v) is 12.2. The highest BCUT2D eigenvalue weighted by atomic mass is 16.6. The third kappa shape index (κ3) is 38.7. The summed E-state index contributed by atoms with van der Waals surface area (Å²) in [6.07, 6.45) is 45.3. The Morgan fingerprint density at radius 2 is 0.738 bits per heavy atom. The minimum Gasteiger partial charge on any atom is -0.461 e. The first-order chi connectivity index (χ1) is 31.7. The Kier molecular flexibility index (Phi) is 45.2. The van der Waals surface area contributed by atoms with E-state index in [1.165, 1.54) is 12.8 Å². The van der Waals surface area contributed by atoms with Gasteiger partial charge in [0.25, 0.3) is 0 Å². The van der Waals surface area contributed by atoms with Crippen molar-refractivity contribution in [2.75, 3.05) is 13.2 Å². The molecule has 0 aromatic rings. The van der Waals surface area contributed by atoms with Crippen LogP contribution in [-0.2, 0) is 38.2 Å². The largest absolute Gasteiger partial charge is 0.461 e.